The second-order valence-electron chi connectivity index (χ2n) is 9.63. The van der Waals surface area contributed by atoms with Crippen LogP contribution in [0.2, 0.25) is 0 Å². The molecule has 2 aromatic rings. The summed E-state index contributed by atoms with van der Waals surface area (Å²) < 4.78 is 40.2. The van der Waals surface area contributed by atoms with Crippen LogP contribution in [0.15, 0.2) is 42.5 Å². The van der Waals surface area contributed by atoms with Gasteiger partial charge in [-0.3, -0.25) is 9.59 Å². The van der Waals surface area contributed by atoms with Gasteiger partial charge in [-0.2, -0.15) is 18.4 Å². The maximum absolute atomic E-state index is 13.4. The van der Waals surface area contributed by atoms with E-state index in [0.29, 0.717) is 50.3 Å². The van der Waals surface area contributed by atoms with E-state index in [9.17, 15) is 22.8 Å². The van der Waals surface area contributed by atoms with Crippen LogP contribution in [0.4, 0.5) is 18.9 Å². The van der Waals surface area contributed by atoms with Crippen molar-refractivity contribution in [3.05, 3.63) is 64.7 Å². The third-order valence-electron chi connectivity index (χ3n) is 7.44. The fourth-order valence-corrected chi connectivity index (χ4v) is 5.54. The molecule has 2 heterocycles. The number of halogens is 3. The number of alkyl halides is 3. The van der Waals surface area contributed by atoms with Gasteiger partial charge in [0.2, 0.25) is 5.91 Å². The van der Waals surface area contributed by atoms with Gasteiger partial charge in [-0.15, -0.1) is 0 Å². The van der Waals surface area contributed by atoms with Gasteiger partial charge < -0.3 is 15.1 Å². The van der Waals surface area contributed by atoms with Crippen LogP contribution in [-0.4, -0.2) is 49.9 Å². The largest absolute Gasteiger partial charge is 0.417 e. The highest BCUT2D eigenvalue weighted by Crippen LogP contribution is 2.39. The van der Waals surface area contributed by atoms with Crippen molar-refractivity contribution in [2.45, 2.75) is 25.9 Å². The molecule has 0 saturated carbocycles. The zero-order valence-corrected chi connectivity index (χ0v) is 20.3. The van der Waals surface area contributed by atoms with Crippen LogP contribution in [-0.2, 0) is 11.0 Å². The van der Waals surface area contributed by atoms with E-state index >= 15 is 0 Å². The molecule has 2 atom stereocenters. The van der Waals surface area contributed by atoms with Crippen LogP contribution >= 0.6 is 0 Å². The summed E-state index contributed by atoms with van der Waals surface area (Å²) in [5.74, 6) is -0.368. The standard InChI is InChI=1S/C27H29F3N4O2/c1-17-4-3-5-19(12-17)26(36)34-15-22(23(16-34)25(35)32-2)18-8-10-33(11-9-18)21-7-6-20(14-31)24(13-21)27(28,29)30/h3-7,12-13,18,22-23H,8-11,15-16H2,1-2H3,(H,32,35)/t22-,23+/m0/s1. The summed E-state index contributed by atoms with van der Waals surface area (Å²) >= 11 is 0. The Hall–Kier alpha value is -3.54. The first kappa shape index (κ1) is 25.5. The molecule has 1 N–H and O–H groups in total. The molecule has 4 rings (SSSR count). The predicted octanol–water partition coefficient (Wildman–Crippen LogP) is 4.24. The highest BCUT2D eigenvalue weighted by molar-refractivity contribution is 5.95. The third-order valence-corrected chi connectivity index (χ3v) is 7.44. The van der Waals surface area contributed by atoms with Gasteiger partial charge in [0.15, 0.2) is 0 Å². The van der Waals surface area contributed by atoms with Gasteiger partial charge in [0, 0.05) is 44.5 Å². The number of carbonyl (C=O) groups is 2. The molecule has 0 aliphatic carbocycles. The van der Waals surface area contributed by atoms with Gasteiger partial charge in [-0.25, -0.2) is 0 Å². The molecule has 36 heavy (non-hydrogen) atoms. The molecule has 9 heteroatoms. The van der Waals surface area contributed by atoms with Gasteiger partial charge >= 0.3 is 6.18 Å². The van der Waals surface area contributed by atoms with Gasteiger partial charge in [0.1, 0.15) is 0 Å². The quantitative estimate of drug-likeness (QED) is 0.685. The number of aryl methyl sites for hydroxylation is 1. The topological polar surface area (TPSA) is 76.4 Å². The Morgan fingerprint density at radius 1 is 1.08 bits per heavy atom. The lowest BCUT2D eigenvalue weighted by Gasteiger charge is -2.37. The number of anilines is 1. The zero-order valence-electron chi connectivity index (χ0n) is 20.3. The number of nitriles is 1. The zero-order chi connectivity index (χ0) is 26.0. The van der Waals surface area contributed by atoms with Crippen LogP contribution in [0, 0.1) is 36.0 Å². The van der Waals surface area contributed by atoms with Crippen molar-refractivity contribution in [2.24, 2.45) is 17.8 Å². The average molecular weight is 499 g/mol. The number of benzene rings is 2. The minimum absolute atomic E-state index is 0.0208. The lowest BCUT2D eigenvalue weighted by atomic mass is 9.78. The monoisotopic (exact) mass is 498 g/mol. The Kier molecular flexibility index (Phi) is 7.25. The summed E-state index contributed by atoms with van der Waals surface area (Å²) in [6.45, 7) is 3.83. The molecule has 0 radical (unpaired) electrons. The Morgan fingerprint density at radius 3 is 2.42 bits per heavy atom. The highest BCUT2D eigenvalue weighted by atomic mass is 19.4. The Morgan fingerprint density at radius 2 is 1.81 bits per heavy atom. The fourth-order valence-electron chi connectivity index (χ4n) is 5.54. The van der Waals surface area contributed by atoms with Crippen LogP contribution in [0.3, 0.4) is 0 Å². The van der Waals surface area contributed by atoms with Crippen molar-refractivity contribution in [2.75, 3.05) is 38.1 Å². The second-order valence-corrected chi connectivity index (χ2v) is 9.63. The summed E-state index contributed by atoms with van der Waals surface area (Å²) in [6.07, 6.45) is -3.20. The van der Waals surface area contributed by atoms with Gasteiger partial charge in [0.25, 0.3) is 5.91 Å². The van der Waals surface area contributed by atoms with Crippen molar-refractivity contribution in [3.8, 4) is 6.07 Å². The van der Waals surface area contributed by atoms with E-state index in [1.165, 1.54) is 6.07 Å². The first-order chi connectivity index (χ1) is 17.1. The maximum Gasteiger partial charge on any atom is 0.417 e. The molecule has 6 nitrogen and oxygen atoms in total. The fraction of sp³-hybridized carbons (Fsp3) is 0.444. The van der Waals surface area contributed by atoms with Crippen molar-refractivity contribution < 1.29 is 22.8 Å². The Labute approximate surface area is 208 Å². The maximum atomic E-state index is 13.4. The van der Waals surface area contributed by atoms with Gasteiger partial charge in [-0.05, 0) is 61.9 Å². The number of carbonyl (C=O) groups excluding carboxylic acids is 2. The van der Waals surface area contributed by atoms with Gasteiger partial charge in [-0.1, -0.05) is 17.7 Å². The van der Waals surface area contributed by atoms with E-state index in [1.54, 1.807) is 30.1 Å². The normalized spacial score (nSPS) is 20.8. The van der Waals surface area contributed by atoms with Crippen LogP contribution in [0.25, 0.3) is 0 Å². The first-order valence-electron chi connectivity index (χ1n) is 12.1. The van der Waals surface area contributed by atoms with E-state index in [-0.39, 0.29) is 35.1 Å². The highest BCUT2D eigenvalue weighted by Gasteiger charge is 2.44. The third kappa shape index (κ3) is 5.18. The van der Waals surface area contributed by atoms with E-state index in [2.05, 4.69) is 5.32 Å². The lowest BCUT2D eigenvalue weighted by molar-refractivity contribution is -0.137. The van der Waals surface area contributed by atoms with Crippen LogP contribution < -0.4 is 10.2 Å². The molecule has 0 aromatic heterocycles. The van der Waals surface area contributed by atoms with E-state index in [4.69, 9.17) is 5.26 Å². The van der Waals surface area contributed by atoms with E-state index in [1.807, 2.05) is 30.0 Å². The molecule has 0 unspecified atom stereocenters. The molecule has 190 valence electrons. The molecule has 2 aliphatic heterocycles. The minimum atomic E-state index is -4.60. The minimum Gasteiger partial charge on any atom is -0.372 e. The molecular formula is C27H29F3N4O2. The summed E-state index contributed by atoms with van der Waals surface area (Å²) in [5, 5.41) is 11.8. The lowest BCUT2D eigenvalue weighted by Crippen LogP contribution is -2.41. The summed E-state index contributed by atoms with van der Waals surface area (Å²) in [5.41, 5.74) is 0.709. The molecule has 0 bridgehead atoms. The molecule has 2 aromatic carbocycles. The molecule has 2 aliphatic rings. The van der Waals surface area contributed by atoms with Crippen molar-refractivity contribution in [3.63, 3.8) is 0 Å². The molecule has 2 fully saturated rings. The number of hydrogen-bond acceptors (Lipinski definition) is 4. The molecule has 2 saturated heterocycles. The van der Waals surface area contributed by atoms with Crippen LogP contribution in [0.5, 0.6) is 0 Å². The van der Waals surface area contributed by atoms with Crippen molar-refractivity contribution in [1.82, 2.24) is 10.2 Å². The SMILES string of the molecule is CNC(=O)[C@@H]1CN(C(=O)c2cccc(C)c2)C[C@H]1C1CCN(c2ccc(C#N)c(C(F)(F)F)c2)CC1. The van der Waals surface area contributed by atoms with Gasteiger partial charge in [0.05, 0.1) is 23.1 Å². The van der Waals surface area contributed by atoms with Crippen molar-refractivity contribution in [1.29, 1.82) is 5.26 Å². The molecule has 0 spiro atoms. The van der Waals surface area contributed by atoms with E-state index in [0.717, 1.165) is 11.6 Å². The number of nitrogens with one attached hydrogen (secondary N) is 1. The number of hydrogen-bond donors (Lipinski definition) is 1. The van der Waals surface area contributed by atoms with E-state index < -0.39 is 11.7 Å². The first-order valence-corrected chi connectivity index (χ1v) is 12.1. The summed E-state index contributed by atoms with van der Waals surface area (Å²) in [6, 6.07) is 12.8. The number of amides is 2. The van der Waals surface area contributed by atoms with Crippen LogP contribution in [0.1, 0.15) is 39.9 Å². The predicted molar refractivity (Wildman–Crippen MR) is 129 cm³/mol. The number of piperidine rings is 1. The molecule has 2 amide bonds. The Bertz CT molecular complexity index is 1180. The smallest absolute Gasteiger partial charge is 0.372 e. The average Bonchev–Trinajstić information content (AvgIpc) is 3.32. The summed E-state index contributed by atoms with van der Waals surface area (Å²) in [4.78, 5) is 29.5. The number of nitrogens with zero attached hydrogens (tertiary/aromatic N) is 3. The molecular weight excluding hydrogens is 469 g/mol. The number of likely N-dealkylation sites (tertiary alicyclic amines) is 1. The second kappa shape index (κ2) is 10.2. The summed E-state index contributed by atoms with van der Waals surface area (Å²) in [7, 11) is 1.59. The number of rotatable bonds is 4. The van der Waals surface area contributed by atoms with Crippen molar-refractivity contribution >= 4 is 17.5 Å². The Balaban J connectivity index is 1.48.